The maximum atomic E-state index is 14.2. The number of fused-ring (bicyclic) bond motifs is 3. The smallest absolute Gasteiger partial charge is 0.397 e. The minimum absolute atomic E-state index is 0.00567. The third kappa shape index (κ3) is 5.75. The number of anilines is 2. The van der Waals surface area contributed by atoms with Gasteiger partial charge in [0.25, 0.3) is 11.5 Å². The second-order valence-corrected chi connectivity index (χ2v) is 12.0. The van der Waals surface area contributed by atoms with Crippen LogP contribution in [0.2, 0.25) is 0 Å². The van der Waals surface area contributed by atoms with Crippen LogP contribution in [0.1, 0.15) is 53.5 Å². The van der Waals surface area contributed by atoms with E-state index in [2.05, 4.69) is 40.2 Å². The molecule has 2 aromatic heterocycles. The third-order valence-corrected chi connectivity index (χ3v) is 8.27. The van der Waals surface area contributed by atoms with Crippen LogP contribution in [0.3, 0.4) is 0 Å². The predicted molar refractivity (Wildman–Crippen MR) is 162 cm³/mol. The lowest BCUT2D eigenvalue weighted by molar-refractivity contribution is -0.138. The summed E-state index contributed by atoms with van der Waals surface area (Å²) in [6.07, 6.45) is -2.11. The van der Waals surface area contributed by atoms with Gasteiger partial charge in [0.15, 0.2) is 0 Å². The zero-order chi connectivity index (χ0) is 31.2. The van der Waals surface area contributed by atoms with Crippen molar-refractivity contribution in [3.8, 4) is 5.69 Å². The maximum absolute atomic E-state index is 14.2. The number of aliphatic hydroxyl groups excluding tert-OH is 1. The quantitative estimate of drug-likeness (QED) is 0.239. The van der Waals surface area contributed by atoms with Gasteiger partial charge in [0.1, 0.15) is 5.65 Å². The Hall–Kier alpha value is -3.84. The monoisotopic (exact) mass is 660 g/mol. The van der Waals surface area contributed by atoms with Crippen molar-refractivity contribution in [2.75, 3.05) is 24.2 Å². The van der Waals surface area contributed by atoms with Crippen molar-refractivity contribution < 1.29 is 23.1 Å². The van der Waals surface area contributed by atoms with Crippen LogP contribution in [0, 0.1) is 5.92 Å². The Labute approximate surface area is 254 Å². The number of carbonyl (C=O) groups excluding carboxylic acids is 1. The minimum Gasteiger partial charge on any atom is -0.397 e. The summed E-state index contributed by atoms with van der Waals surface area (Å²) in [5, 5.41) is 16.8. The molecule has 0 radical (unpaired) electrons. The largest absolute Gasteiger partial charge is 0.417 e. The third-order valence-electron chi connectivity index (χ3n) is 7.57. The molecule has 5 rings (SSSR count). The fraction of sp³-hybridized carbons (Fsp3) is 0.367. The first-order valence-corrected chi connectivity index (χ1v) is 14.7. The van der Waals surface area contributed by atoms with E-state index in [9.17, 15) is 22.8 Å². The summed E-state index contributed by atoms with van der Waals surface area (Å²) < 4.78 is 43.8. The summed E-state index contributed by atoms with van der Waals surface area (Å²) >= 11 is 2.93. The van der Waals surface area contributed by atoms with Crippen LogP contribution >= 0.6 is 15.9 Å². The summed E-state index contributed by atoms with van der Waals surface area (Å²) in [5.74, 6) is -0.317. The zero-order valence-electron chi connectivity index (χ0n) is 23.9. The molecule has 1 unspecified atom stereocenters. The van der Waals surface area contributed by atoms with Crippen LogP contribution in [-0.2, 0) is 25.6 Å². The minimum atomic E-state index is -4.63. The fourth-order valence-electron chi connectivity index (χ4n) is 5.56. The van der Waals surface area contributed by atoms with E-state index < -0.39 is 23.7 Å². The number of nitrogens with two attached hydrogens (primary N) is 1. The van der Waals surface area contributed by atoms with Crippen LogP contribution in [0.4, 0.5) is 24.5 Å². The van der Waals surface area contributed by atoms with Gasteiger partial charge in [-0.05, 0) is 62.1 Å². The van der Waals surface area contributed by atoms with Gasteiger partial charge in [-0.2, -0.15) is 18.3 Å². The number of amides is 1. The topological polar surface area (TPSA) is 118 Å². The highest BCUT2D eigenvalue weighted by atomic mass is 79.9. The van der Waals surface area contributed by atoms with E-state index in [-0.39, 0.29) is 41.1 Å². The molecule has 2 aromatic carbocycles. The van der Waals surface area contributed by atoms with Crippen molar-refractivity contribution in [1.82, 2.24) is 19.1 Å². The lowest BCUT2D eigenvalue weighted by Gasteiger charge is -2.35. The van der Waals surface area contributed by atoms with E-state index >= 15 is 0 Å². The van der Waals surface area contributed by atoms with Crippen LogP contribution < -0.4 is 16.6 Å². The first kappa shape index (κ1) is 30.6. The second kappa shape index (κ2) is 11.7. The molecule has 4 aromatic rings. The molecule has 3 heterocycles. The Morgan fingerprint density at radius 3 is 2.63 bits per heavy atom. The molecule has 0 saturated heterocycles. The number of alkyl halides is 3. The molecule has 1 amide bonds. The lowest BCUT2D eigenvalue weighted by Crippen LogP contribution is -2.46. The molecule has 228 valence electrons. The number of rotatable bonds is 7. The molecule has 43 heavy (non-hydrogen) atoms. The van der Waals surface area contributed by atoms with Gasteiger partial charge in [-0.15, -0.1) is 0 Å². The summed E-state index contributed by atoms with van der Waals surface area (Å²) in [4.78, 5) is 29.3. The van der Waals surface area contributed by atoms with E-state index in [1.807, 2.05) is 0 Å². The molecule has 13 heteroatoms. The number of benzene rings is 2. The van der Waals surface area contributed by atoms with Crippen molar-refractivity contribution in [1.29, 1.82) is 0 Å². The van der Waals surface area contributed by atoms with Crippen LogP contribution in [0.25, 0.3) is 11.3 Å². The van der Waals surface area contributed by atoms with Gasteiger partial charge in [0, 0.05) is 33.7 Å². The zero-order valence-corrected chi connectivity index (χ0v) is 25.5. The Balaban J connectivity index is 1.64. The normalized spacial score (nSPS) is 15.3. The molecular weight excluding hydrogens is 629 g/mol. The molecule has 0 fully saturated rings. The van der Waals surface area contributed by atoms with E-state index in [0.29, 0.717) is 46.9 Å². The Morgan fingerprint density at radius 2 is 1.98 bits per heavy atom. The lowest BCUT2D eigenvalue weighted by atomic mass is 9.97. The number of nitrogens with one attached hydrogen (secondary N) is 1. The van der Waals surface area contributed by atoms with E-state index in [0.717, 1.165) is 11.6 Å². The second-order valence-electron chi connectivity index (χ2n) is 11.2. The summed E-state index contributed by atoms with van der Waals surface area (Å²) in [6.45, 7) is 6.13. The standard InChI is InChI=1S/C30H32BrF3N6O3/c1-16(2)10-19-14-37-40-26-15-38(28(42)18-4-6-23(31)22(12-18)30(32,33)34)17(3)11-21(26)29(43)39(27(19)40)20-5-7-25(24(35)13-20)36-8-9-41/h4-7,12-14,16-17,36,41H,8-11,15,35H2,1-3H3. The van der Waals surface area contributed by atoms with Crippen molar-refractivity contribution in [3.05, 3.63) is 85.4 Å². The first-order valence-electron chi connectivity index (χ1n) is 13.9. The molecule has 0 saturated carbocycles. The van der Waals surface area contributed by atoms with Gasteiger partial charge in [0.05, 0.1) is 47.7 Å². The van der Waals surface area contributed by atoms with E-state index in [1.54, 1.807) is 40.4 Å². The number of carbonyl (C=O) groups is 1. The Kier molecular flexibility index (Phi) is 8.32. The van der Waals surface area contributed by atoms with Crippen molar-refractivity contribution in [3.63, 3.8) is 0 Å². The van der Waals surface area contributed by atoms with Gasteiger partial charge in [-0.1, -0.05) is 29.8 Å². The number of halogens is 4. The maximum Gasteiger partial charge on any atom is 0.417 e. The molecule has 1 aliphatic heterocycles. The summed E-state index contributed by atoms with van der Waals surface area (Å²) in [6, 6.07) is 8.15. The molecular formula is C30H32BrF3N6O3. The number of hydrogen-bond donors (Lipinski definition) is 3. The van der Waals surface area contributed by atoms with Gasteiger partial charge in [-0.3, -0.25) is 14.2 Å². The Morgan fingerprint density at radius 1 is 1.23 bits per heavy atom. The van der Waals surface area contributed by atoms with Crippen LogP contribution in [-0.4, -0.2) is 49.3 Å². The summed E-state index contributed by atoms with van der Waals surface area (Å²) in [7, 11) is 0. The molecule has 4 N–H and O–H groups in total. The SMILES string of the molecule is CC(C)Cc1cnn2c3c(c(=O)n(-c4ccc(NCCO)c(N)c4)c12)CC(C)N(C(=O)c1ccc(Br)c(C(F)(F)F)c1)C3. The van der Waals surface area contributed by atoms with Gasteiger partial charge < -0.3 is 21.1 Å². The van der Waals surface area contributed by atoms with Crippen LogP contribution in [0.5, 0.6) is 0 Å². The van der Waals surface area contributed by atoms with E-state index in [1.165, 1.54) is 17.0 Å². The van der Waals surface area contributed by atoms with Crippen molar-refractivity contribution in [2.45, 2.75) is 52.4 Å². The van der Waals surface area contributed by atoms with Crippen LogP contribution in [0.15, 0.2) is 51.9 Å². The molecule has 0 spiro atoms. The first-order chi connectivity index (χ1) is 20.3. The predicted octanol–water partition coefficient (Wildman–Crippen LogP) is 5.04. The Bertz CT molecular complexity index is 1760. The summed E-state index contributed by atoms with van der Waals surface area (Å²) in [5.41, 5.74) is 8.91. The van der Waals surface area contributed by atoms with E-state index in [4.69, 9.17) is 10.8 Å². The van der Waals surface area contributed by atoms with Gasteiger partial charge in [-0.25, -0.2) is 4.52 Å². The van der Waals surface area contributed by atoms with Crippen molar-refractivity contribution >= 4 is 38.9 Å². The average Bonchev–Trinajstić information content (AvgIpc) is 3.34. The van der Waals surface area contributed by atoms with Gasteiger partial charge in [0.2, 0.25) is 0 Å². The van der Waals surface area contributed by atoms with Gasteiger partial charge >= 0.3 is 6.18 Å². The molecule has 0 aliphatic carbocycles. The number of aliphatic hydroxyl groups is 1. The number of hydrogen-bond acceptors (Lipinski definition) is 6. The average molecular weight is 662 g/mol. The molecule has 0 bridgehead atoms. The number of nitrogens with zero attached hydrogens (tertiary/aromatic N) is 4. The van der Waals surface area contributed by atoms with Crippen molar-refractivity contribution in [2.24, 2.45) is 5.92 Å². The highest BCUT2D eigenvalue weighted by molar-refractivity contribution is 9.10. The number of aromatic nitrogens is 3. The fourth-order valence-corrected chi connectivity index (χ4v) is 6.03. The molecule has 1 atom stereocenters. The molecule has 9 nitrogen and oxygen atoms in total. The molecule has 1 aliphatic rings. The highest BCUT2D eigenvalue weighted by Gasteiger charge is 2.36. The highest BCUT2D eigenvalue weighted by Crippen LogP contribution is 2.36. The number of nitrogen functional groups attached to an aromatic ring is 1.